The van der Waals surface area contributed by atoms with Gasteiger partial charge in [0.1, 0.15) is 0 Å². The summed E-state index contributed by atoms with van der Waals surface area (Å²) in [6.07, 6.45) is 0.929. The molecule has 0 atom stereocenters. The molecule has 1 aromatic carbocycles. The van der Waals surface area contributed by atoms with Crippen molar-refractivity contribution in [2.45, 2.75) is 13.3 Å². The lowest BCUT2D eigenvalue weighted by atomic mass is 10.1. The number of hydrogen-bond donors (Lipinski definition) is 0. The van der Waals surface area contributed by atoms with Gasteiger partial charge in [-0.1, -0.05) is 25.1 Å². The first-order chi connectivity index (χ1) is 5.24. The molecule has 0 saturated heterocycles. The van der Waals surface area contributed by atoms with E-state index in [1.165, 1.54) is 0 Å². The monoisotopic (exact) mass is 168 g/mol. The maximum absolute atomic E-state index is 10.7. The van der Waals surface area contributed by atoms with Crippen LogP contribution in [-0.2, 0) is 6.42 Å². The highest BCUT2D eigenvalue weighted by atomic mass is 35.5. The second-order valence-electron chi connectivity index (χ2n) is 2.33. The Balaban J connectivity index is 3.01. The van der Waals surface area contributed by atoms with E-state index in [9.17, 15) is 4.79 Å². The molecule has 0 bridgehead atoms. The van der Waals surface area contributed by atoms with Gasteiger partial charge in [-0.25, -0.2) is 0 Å². The summed E-state index contributed by atoms with van der Waals surface area (Å²) in [6, 6.07) is 7.35. The summed E-state index contributed by atoms with van der Waals surface area (Å²) in [5, 5.41) is -0.389. The molecule has 0 aromatic heterocycles. The zero-order valence-corrected chi connectivity index (χ0v) is 7.06. The summed E-state index contributed by atoms with van der Waals surface area (Å²) in [6.45, 7) is 2.04. The number of carbonyl (C=O) groups excluding carboxylic acids is 1. The highest BCUT2D eigenvalue weighted by Gasteiger charge is 2.00. The smallest absolute Gasteiger partial charge is 0.252 e. The lowest BCUT2D eigenvalue weighted by Crippen LogP contribution is -1.89. The van der Waals surface area contributed by atoms with Gasteiger partial charge in [-0.3, -0.25) is 4.79 Å². The van der Waals surface area contributed by atoms with Crippen LogP contribution in [0.25, 0.3) is 0 Å². The first-order valence-electron chi connectivity index (χ1n) is 3.53. The summed E-state index contributed by atoms with van der Waals surface area (Å²) in [7, 11) is 0. The molecule has 0 aliphatic heterocycles. The van der Waals surface area contributed by atoms with Crippen molar-refractivity contribution in [2.24, 2.45) is 0 Å². The van der Waals surface area contributed by atoms with Crippen molar-refractivity contribution in [1.29, 1.82) is 0 Å². The van der Waals surface area contributed by atoms with E-state index in [0.717, 1.165) is 12.0 Å². The molecule has 0 fully saturated rings. The summed E-state index contributed by atoms with van der Waals surface area (Å²) >= 11 is 5.29. The van der Waals surface area contributed by atoms with Crippen molar-refractivity contribution < 1.29 is 4.79 Å². The highest BCUT2D eigenvalue weighted by molar-refractivity contribution is 6.67. The molecule has 0 aliphatic carbocycles. The Hall–Kier alpha value is -0.820. The minimum absolute atomic E-state index is 0.389. The molecule has 58 valence electrons. The Morgan fingerprint density at radius 3 is 2.82 bits per heavy atom. The van der Waals surface area contributed by atoms with Crippen LogP contribution >= 0.6 is 11.6 Å². The standard InChI is InChI=1S/C9H9ClO/c1-2-7-4-3-5-8(6-7)9(10)11/h3-6H,2H2,1H3. The van der Waals surface area contributed by atoms with Gasteiger partial charge in [0.05, 0.1) is 0 Å². The maximum atomic E-state index is 10.7. The minimum atomic E-state index is -0.389. The molecule has 0 heterocycles. The number of benzene rings is 1. The Kier molecular flexibility index (Phi) is 2.66. The van der Waals surface area contributed by atoms with E-state index >= 15 is 0 Å². The minimum Gasteiger partial charge on any atom is -0.276 e. The molecule has 0 aliphatic rings. The normalized spacial score (nSPS) is 9.64. The zero-order chi connectivity index (χ0) is 8.27. The van der Waals surface area contributed by atoms with Crippen LogP contribution in [0.2, 0.25) is 0 Å². The SMILES string of the molecule is CCc1cccc(C(=O)Cl)c1. The van der Waals surface area contributed by atoms with Gasteiger partial charge in [0.15, 0.2) is 0 Å². The number of halogens is 1. The van der Waals surface area contributed by atoms with E-state index in [1.807, 2.05) is 25.1 Å². The molecule has 2 heteroatoms. The van der Waals surface area contributed by atoms with E-state index in [2.05, 4.69) is 0 Å². The zero-order valence-electron chi connectivity index (χ0n) is 6.30. The molecule has 0 radical (unpaired) electrons. The van der Waals surface area contributed by atoms with Gasteiger partial charge in [0.2, 0.25) is 0 Å². The lowest BCUT2D eigenvalue weighted by Gasteiger charge is -1.96. The molecule has 0 saturated carbocycles. The molecule has 0 spiro atoms. The quantitative estimate of drug-likeness (QED) is 0.621. The predicted octanol–water partition coefficient (Wildman–Crippen LogP) is 2.63. The van der Waals surface area contributed by atoms with Crippen molar-refractivity contribution in [3.63, 3.8) is 0 Å². The van der Waals surface area contributed by atoms with Gasteiger partial charge >= 0.3 is 0 Å². The molecular formula is C9H9ClO. The summed E-state index contributed by atoms with van der Waals surface area (Å²) < 4.78 is 0. The van der Waals surface area contributed by atoms with Crippen molar-refractivity contribution in [1.82, 2.24) is 0 Å². The second kappa shape index (κ2) is 3.54. The fourth-order valence-corrected chi connectivity index (χ4v) is 1.03. The molecule has 11 heavy (non-hydrogen) atoms. The summed E-state index contributed by atoms with van der Waals surface area (Å²) in [4.78, 5) is 10.7. The van der Waals surface area contributed by atoms with Crippen LogP contribution in [0.3, 0.4) is 0 Å². The fraction of sp³-hybridized carbons (Fsp3) is 0.222. The van der Waals surface area contributed by atoms with Gasteiger partial charge in [-0.15, -0.1) is 0 Å². The number of aryl methyl sites for hydroxylation is 1. The highest BCUT2D eigenvalue weighted by Crippen LogP contribution is 2.07. The van der Waals surface area contributed by atoms with Crippen molar-refractivity contribution in [3.05, 3.63) is 35.4 Å². The molecule has 0 amide bonds. The van der Waals surface area contributed by atoms with E-state index in [1.54, 1.807) is 6.07 Å². The third kappa shape index (κ3) is 2.05. The van der Waals surface area contributed by atoms with E-state index in [-0.39, 0.29) is 5.24 Å². The molecule has 1 nitrogen and oxygen atoms in total. The van der Waals surface area contributed by atoms with Gasteiger partial charge < -0.3 is 0 Å². The van der Waals surface area contributed by atoms with Crippen LogP contribution in [0.4, 0.5) is 0 Å². The van der Waals surface area contributed by atoms with Gasteiger partial charge in [-0.05, 0) is 29.7 Å². The van der Waals surface area contributed by atoms with E-state index < -0.39 is 0 Å². The van der Waals surface area contributed by atoms with Crippen molar-refractivity contribution >= 4 is 16.8 Å². The molecule has 0 unspecified atom stereocenters. The molecular weight excluding hydrogens is 160 g/mol. The van der Waals surface area contributed by atoms with Crippen LogP contribution in [0.15, 0.2) is 24.3 Å². The van der Waals surface area contributed by atoms with Crippen LogP contribution in [0, 0.1) is 0 Å². The van der Waals surface area contributed by atoms with Gasteiger partial charge in [-0.2, -0.15) is 0 Å². The maximum Gasteiger partial charge on any atom is 0.252 e. The second-order valence-corrected chi connectivity index (χ2v) is 2.67. The van der Waals surface area contributed by atoms with Crippen molar-refractivity contribution in [3.8, 4) is 0 Å². The third-order valence-corrected chi connectivity index (χ3v) is 1.78. The van der Waals surface area contributed by atoms with Crippen LogP contribution in [0.5, 0.6) is 0 Å². The summed E-state index contributed by atoms with van der Waals surface area (Å²) in [5.41, 5.74) is 1.71. The number of carbonyl (C=O) groups is 1. The first kappa shape index (κ1) is 8.28. The lowest BCUT2D eigenvalue weighted by molar-refractivity contribution is 0.108. The van der Waals surface area contributed by atoms with E-state index in [4.69, 9.17) is 11.6 Å². The molecule has 1 aromatic rings. The van der Waals surface area contributed by atoms with Crippen LogP contribution in [0.1, 0.15) is 22.8 Å². The fourth-order valence-electron chi connectivity index (χ4n) is 0.914. The largest absolute Gasteiger partial charge is 0.276 e. The van der Waals surface area contributed by atoms with Crippen LogP contribution < -0.4 is 0 Å². The number of rotatable bonds is 2. The Morgan fingerprint density at radius 1 is 1.55 bits per heavy atom. The average Bonchev–Trinajstić information content (AvgIpc) is 2.05. The third-order valence-electron chi connectivity index (χ3n) is 1.56. The Labute approximate surface area is 71.0 Å². The average molecular weight is 169 g/mol. The van der Waals surface area contributed by atoms with Crippen molar-refractivity contribution in [2.75, 3.05) is 0 Å². The predicted molar refractivity (Wildman–Crippen MR) is 46.0 cm³/mol. The topological polar surface area (TPSA) is 17.1 Å². The molecule has 0 N–H and O–H groups in total. The Bertz CT molecular complexity index is 268. The van der Waals surface area contributed by atoms with Gasteiger partial charge in [0.25, 0.3) is 5.24 Å². The van der Waals surface area contributed by atoms with E-state index in [0.29, 0.717) is 5.56 Å². The number of hydrogen-bond acceptors (Lipinski definition) is 1. The molecule has 1 rings (SSSR count). The summed E-state index contributed by atoms with van der Waals surface area (Å²) in [5.74, 6) is 0. The first-order valence-corrected chi connectivity index (χ1v) is 3.90. The van der Waals surface area contributed by atoms with Gasteiger partial charge in [0, 0.05) is 5.56 Å². The van der Waals surface area contributed by atoms with Crippen LogP contribution in [-0.4, -0.2) is 5.24 Å². The Morgan fingerprint density at radius 2 is 2.27 bits per heavy atom.